The van der Waals surface area contributed by atoms with Gasteiger partial charge in [-0.05, 0) is 48.6 Å². The molecule has 1 aliphatic heterocycles. The second-order valence-corrected chi connectivity index (χ2v) is 7.21. The van der Waals surface area contributed by atoms with Gasteiger partial charge >= 0.3 is 6.03 Å². The molecule has 5 nitrogen and oxygen atoms in total. The maximum atomic E-state index is 12.4. The monoisotopic (exact) mass is 365 g/mol. The third kappa shape index (κ3) is 4.88. The van der Waals surface area contributed by atoms with Gasteiger partial charge in [0.15, 0.2) is 0 Å². The molecule has 142 valence electrons. The van der Waals surface area contributed by atoms with Crippen molar-refractivity contribution in [2.75, 3.05) is 23.3 Å². The summed E-state index contributed by atoms with van der Waals surface area (Å²) >= 11 is 0. The molecule has 0 fully saturated rings. The number of carbonyl (C=O) groups is 2. The Hall–Kier alpha value is -2.82. The van der Waals surface area contributed by atoms with E-state index in [2.05, 4.69) is 10.6 Å². The average Bonchev–Trinajstić information content (AvgIpc) is 2.67. The van der Waals surface area contributed by atoms with E-state index in [-0.39, 0.29) is 17.9 Å². The van der Waals surface area contributed by atoms with Gasteiger partial charge in [0.25, 0.3) is 0 Å². The van der Waals surface area contributed by atoms with Crippen molar-refractivity contribution in [3.8, 4) is 0 Å². The number of hydrogen-bond donors (Lipinski definition) is 2. The van der Waals surface area contributed by atoms with Crippen molar-refractivity contribution >= 4 is 23.3 Å². The average molecular weight is 365 g/mol. The predicted octanol–water partition coefficient (Wildman–Crippen LogP) is 3.99. The van der Waals surface area contributed by atoms with Gasteiger partial charge in [-0.25, -0.2) is 4.79 Å². The zero-order chi connectivity index (χ0) is 19.2. The Morgan fingerprint density at radius 1 is 1.11 bits per heavy atom. The summed E-state index contributed by atoms with van der Waals surface area (Å²) in [7, 11) is 0. The molecule has 0 saturated carbocycles. The second kappa shape index (κ2) is 8.71. The minimum atomic E-state index is -0.211. The number of amides is 3. The minimum Gasteiger partial charge on any atom is -0.338 e. The van der Waals surface area contributed by atoms with Crippen molar-refractivity contribution in [1.82, 2.24) is 5.32 Å². The van der Waals surface area contributed by atoms with Crippen molar-refractivity contribution in [3.63, 3.8) is 0 Å². The summed E-state index contributed by atoms with van der Waals surface area (Å²) in [5.41, 5.74) is 4.03. The molecule has 0 aliphatic carbocycles. The topological polar surface area (TPSA) is 61.4 Å². The quantitative estimate of drug-likeness (QED) is 0.842. The van der Waals surface area contributed by atoms with Crippen LogP contribution in [0, 0.1) is 5.92 Å². The molecule has 2 aromatic carbocycles. The highest BCUT2D eigenvalue weighted by molar-refractivity contribution is 5.96. The number of urea groups is 1. The first kappa shape index (κ1) is 19.0. The number of fused-ring (bicyclic) bond motifs is 1. The van der Waals surface area contributed by atoms with E-state index in [9.17, 15) is 9.59 Å². The molecule has 3 amide bonds. The lowest BCUT2D eigenvalue weighted by atomic mass is 9.99. The van der Waals surface area contributed by atoms with Crippen LogP contribution in [0.25, 0.3) is 0 Å². The van der Waals surface area contributed by atoms with Crippen molar-refractivity contribution in [1.29, 1.82) is 0 Å². The number of rotatable bonds is 5. The second-order valence-electron chi connectivity index (χ2n) is 7.21. The molecule has 0 saturated heterocycles. The number of nitrogens with one attached hydrogen (secondary N) is 2. The number of benzene rings is 2. The standard InChI is InChI=1S/C22H27N3O2/c1-16(2)21(26)25-14-6-9-18-15-19(10-11-20(18)25)24-22(27)23-13-12-17-7-4-3-5-8-17/h3-5,7-8,10-11,15-16H,6,9,12-14H2,1-2H3,(H2,23,24,27). The summed E-state index contributed by atoms with van der Waals surface area (Å²) in [6.07, 6.45) is 2.66. The molecular weight excluding hydrogens is 338 g/mol. The van der Waals surface area contributed by atoms with Crippen LogP contribution >= 0.6 is 0 Å². The van der Waals surface area contributed by atoms with Crippen LogP contribution in [-0.4, -0.2) is 25.0 Å². The fraction of sp³-hybridized carbons (Fsp3) is 0.364. The van der Waals surface area contributed by atoms with Crippen LogP contribution in [0.5, 0.6) is 0 Å². The fourth-order valence-corrected chi connectivity index (χ4v) is 3.36. The Labute approximate surface area is 160 Å². The lowest BCUT2D eigenvalue weighted by molar-refractivity contribution is -0.121. The Balaban J connectivity index is 1.58. The van der Waals surface area contributed by atoms with Gasteiger partial charge in [-0.2, -0.15) is 0 Å². The molecule has 0 atom stereocenters. The molecule has 27 heavy (non-hydrogen) atoms. The van der Waals surface area contributed by atoms with Crippen LogP contribution < -0.4 is 15.5 Å². The van der Waals surface area contributed by atoms with E-state index >= 15 is 0 Å². The highest BCUT2D eigenvalue weighted by Crippen LogP contribution is 2.30. The van der Waals surface area contributed by atoms with Crippen LogP contribution in [-0.2, 0) is 17.6 Å². The first-order chi connectivity index (χ1) is 13.0. The van der Waals surface area contributed by atoms with Crippen LogP contribution in [0.15, 0.2) is 48.5 Å². The first-order valence-electron chi connectivity index (χ1n) is 9.57. The summed E-state index contributed by atoms with van der Waals surface area (Å²) in [6, 6.07) is 15.6. The predicted molar refractivity (Wildman–Crippen MR) is 109 cm³/mol. The van der Waals surface area contributed by atoms with Crippen molar-refractivity contribution < 1.29 is 9.59 Å². The number of carbonyl (C=O) groups excluding carboxylic acids is 2. The SMILES string of the molecule is CC(C)C(=O)N1CCCc2cc(NC(=O)NCCc3ccccc3)ccc21. The van der Waals surface area contributed by atoms with Crippen LogP contribution in [0.2, 0.25) is 0 Å². The highest BCUT2D eigenvalue weighted by atomic mass is 16.2. The molecule has 1 aliphatic rings. The maximum Gasteiger partial charge on any atom is 0.319 e. The molecule has 0 unspecified atom stereocenters. The third-order valence-corrected chi connectivity index (χ3v) is 4.76. The van der Waals surface area contributed by atoms with Gasteiger partial charge in [-0.15, -0.1) is 0 Å². The zero-order valence-electron chi connectivity index (χ0n) is 16.0. The summed E-state index contributed by atoms with van der Waals surface area (Å²) in [5.74, 6) is 0.124. The van der Waals surface area contributed by atoms with Crippen molar-refractivity contribution in [2.45, 2.75) is 33.1 Å². The molecular formula is C22H27N3O2. The Morgan fingerprint density at radius 3 is 2.63 bits per heavy atom. The number of aryl methyl sites for hydroxylation is 1. The summed E-state index contributed by atoms with van der Waals surface area (Å²) in [5, 5.41) is 5.78. The van der Waals surface area contributed by atoms with Gasteiger partial charge in [0, 0.05) is 30.4 Å². The van der Waals surface area contributed by atoms with Gasteiger partial charge in [-0.3, -0.25) is 4.79 Å². The van der Waals surface area contributed by atoms with Gasteiger partial charge < -0.3 is 15.5 Å². The van der Waals surface area contributed by atoms with E-state index in [0.717, 1.165) is 42.7 Å². The number of nitrogens with zero attached hydrogens (tertiary/aromatic N) is 1. The maximum absolute atomic E-state index is 12.4. The molecule has 3 rings (SSSR count). The third-order valence-electron chi connectivity index (χ3n) is 4.76. The van der Waals surface area contributed by atoms with E-state index in [1.807, 2.05) is 67.3 Å². The fourth-order valence-electron chi connectivity index (χ4n) is 3.36. The molecule has 0 radical (unpaired) electrons. The zero-order valence-corrected chi connectivity index (χ0v) is 16.0. The molecule has 2 N–H and O–H groups in total. The highest BCUT2D eigenvalue weighted by Gasteiger charge is 2.24. The van der Waals surface area contributed by atoms with E-state index in [4.69, 9.17) is 0 Å². The van der Waals surface area contributed by atoms with Crippen LogP contribution in [0.4, 0.5) is 16.2 Å². The normalized spacial score (nSPS) is 13.2. The minimum absolute atomic E-state index is 0.0239. The Morgan fingerprint density at radius 2 is 1.89 bits per heavy atom. The lowest BCUT2D eigenvalue weighted by Gasteiger charge is -2.31. The van der Waals surface area contributed by atoms with Gasteiger partial charge in [-0.1, -0.05) is 44.2 Å². The molecule has 2 aromatic rings. The van der Waals surface area contributed by atoms with Gasteiger partial charge in [0.2, 0.25) is 5.91 Å². The smallest absolute Gasteiger partial charge is 0.319 e. The van der Waals surface area contributed by atoms with E-state index < -0.39 is 0 Å². The van der Waals surface area contributed by atoms with Crippen LogP contribution in [0.1, 0.15) is 31.4 Å². The molecule has 0 spiro atoms. The van der Waals surface area contributed by atoms with Gasteiger partial charge in [0.1, 0.15) is 0 Å². The molecule has 0 aromatic heterocycles. The van der Waals surface area contributed by atoms with E-state index in [0.29, 0.717) is 6.54 Å². The summed E-state index contributed by atoms with van der Waals surface area (Å²) in [4.78, 5) is 26.4. The van der Waals surface area contributed by atoms with Crippen molar-refractivity contribution in [3.05, 3.63) is 59.7 Å². The molecule has 1 heterocycles. The summed E-state index contributed by atoms with van der Waals surface area (Å²) in [6.45, 7) is 5.19. The first-order valence-corrected chi connectivity index (χ1v) is 9.57. The lowest BCUT2D eigenvalue weighted by Crippen LogP contribution is -2.38. The molecule has 5 heteroatoms. The number of hydrogen-bond acceptors (Lipinski definition) is 2. The van der Waals surface area contributed by atoms with E-state index in [1.165, 1.54) is 5.56 Å². The summed E-state index contributed by atoms with van der Waals surface area (Å²) < 4.78 is 0. The van der Waals surface area contributed by atoms with E-state index in [1.54, 1.807) is 0 Å². The molecule has 0 bridgehead atoms. The largest absolute Gasteiger partial charge is 0.338 e. The van der Waals surface area contributed by atoms with Gasteiger partial charge in [0.05, 0.1) is 0 Å². The Bertz CT molecular complexity index is 802. The number of anilines is 2. The Kier molecular flexibility index (Phi) is 6.12. The van der Waals surface area contributed by atoms with Crippen LogP contribution in [0.3, 0.4) is 0 Å². The van der Waals surface area contributed by atoms with Crippen molar-refractivity contribution in [2.24, 2.45) is 5.92 Å².